The number of anilines is 1. The minimum absolute atomic E-state index is 0.0113. The molecule has 0 saturated heterocycles. The number of sulfonamides is 1. The van der Waals surface area contributed by atoms with E-state index < -0.39 is 16.0 Å². The molecule has 0 spiro atoms. The normalized spacial score (nSPS) is 11.4. The van der Waals surface area contributed by atoms with Crippen LogP contribution in [-0.4, -0.2) is 43.9 Å². The van der Waals surface area contributed by atoms with Gasteiger partial charge >= 0.3 is 5.97 Å². The summed E-state index contributed by atoms with van der Waals surface area (Å²) in [5.41, 5.74) is 0.603. The van der Waals surface area contributed by atoms with Crippen LogP contribution in [0.25, 0.3) is 0 Å². The Balaban J connectivity index is 2.02. The number of nitrogens with one attached hydrogen (secondary N) is 1. The predicted molar refractivity (Wildman–Crippen MR) is 111 cm³/mol. The van der Waals surface area contributed by atoms with Gasteiger partial charge in [0.2, 0.25) is 0 Å². The first-order chi connectivity index (χ1) is 13.6. The summed E-state index contributed by atoms with van der Waals surface area (Å²) in [6.07, 6.45) is 0. The maximum Gasteiger partial charge on any atom is 0.338 e. The highest BCUT2D eigenvalue weighted by Gasteiger charge is 2.22. The van der Waals surface area contributed by atoms with Crippen molar-refractivity contribution in [2.45, 2.75) is 44.7 Å². The third kappa shape index (κ3) is 6.05. The van der Waals surface area contributed by atoms with E-state index in [2.05, 4.69) is 4.72 Å². The van der Waals surface area contributed by atoms with Crippen molar-refractivity contribution in [3.8, 4) is 0 Å². The molecule has 0 aliphatic carbocycles. The lowest BCUT2D eigenvalue weighted by molar-refractivity contribution is -0.138. The molecule has 8 heteroatoms. The largest absolute Gasteiger partial charge is 0.452 e. The van der Waals surface area contributed by atoms with E-state index in [1.807, 2.05) is 27.7 Å². The molecule has 0 aromatic heterocycles. The van der Waals surface area contributed by atoms with Crippen molar-refractivity contribution in [2.24, 2.45) is 0 Å². The number of nitrogens with zero attached hydrogens (tertiary/aromatic N) is 1. The monoisotopic (exact) mass is 418 g/mol. The number of benzene rings is 2. The molecule has 0 fully saturated rings. The molecule has 2 aromatic rings. The zero-order valence-electron chi connectivity index (χ0n) is 17.0. The van der Waals surface area contributed by atoms with Gasteiger partial charge in [0.05, 0.1) is 10.5 Å². The summed E-state index contributed by atoms with van der Waals surface area (Å²) >= 11 is 0. The Kier molecular flexibility index (Phi) is 7.39. The van der Waals surface area contributed by atoms with Crippen molar-refractivity contribution in [2.75, 3.05) is 11.3 Å². The molecule has 0 bridgehead atoms. The number of hydrogen-bond acceptors (Lipinski definition) is 5. The van der Waals surface area contributed by atoms with Gasteiger partial charge in [0, 0.05) is 17.8 Å². The maximum atomic E-state index is 12.4. The quantitative estimate of drug-likeness (QED) is 0.664. The van der Waals surface area contributed by atoms with E-state index in [4.69, 9.17) is 4.74 Å². The smallest absolute Gasteiger partial charge is 0.338 e. The molecule has 1 amide bonds. The fourth-order valence-electron chi connectivity index (χ4n) is 2.95. The molecule has 0 heterocycles. The highest BCUT2D eigenvalue weighted by molar-refractivity contribution is 7.92. The zero-order valence-corrected chi connectivity index (χ0v) is 17.8. The molecule has 29 heavy (non-hydrogen) atoms. The molecule has 0 aliphatic heterocycles. The van der Waals surface area contributed by atoms with Gasteiger partial charge in [-0.25, -0.2) is 13.2 Å². The number of ether oxygens (including phenoxy) is 1. The lowest BCUT2D eigenvalue weighted by atomic mass is 10.2. The molecule has 0 aliphatic rings. The molecule has 1 N–H and O–H groups in total. The summed E-state index contributed by atoms with van der Waals surface area (Å²) in [5, 5.41) is 0. The Hall–Kier alpha value is -2.87. The first-order valence-electron chi connectivity index (χ1n) is 9.28. The summed E-state index contributed by atoms with van der Waals surface area (Å²) in [5.74, 6) is -0.972. The first-order valence-corrected chi connectivity index (χ1v) is 10.8. The van der Waals surface area contributed by atoms with Crippen LogP contribution in [0.1, 0.15) is 38.1 Å². The van der Waals surface area contributed by atoms with Gasteiger partial charge in [0.1, 0.15) is 0 Å². The zero-order chi connectivity index (χ0) is 21.6. The summed E-state index contributed by atoms with van der Waals surface area (Å²) in [7, 11) is -3.77. The van der Waals surface area contributed by atoms with E-state index in [1.54, 1.807) is 35.2 Å². The topological polar surface area (TPSA) is 92.8 Å². The molecule has 0 atom stereocenters. The highest BCUT2D eigenvalue weighted by Crippen LogP contribution is 2.17. The van der Waals surface area contributed by atoms with E-state index in [1.165, 1.54) is 24.3 Å². The SMILES string of the molecule is CC(C)N(C(=O)COC(=O)c1ccc(S(=O)(=O)Nc2ccccc2)cc1)C(C)C. The fraction of sp³-hybridized carbons (Fsp3) is 0.333. The number of carbonyl (C=O) groups excluding carboxylic acids is 2. The van der Waals surface area contributed by atoms with Crippen molar-refractivity contribution in [3.63, 3.8) is 0 Å². The molecule has 0 radical (unpaired) electrons. The van der Waals surface area contributed by atoms with Gasteiger partial charge in [0.15, 0.2) is 6.61 Å². The molecule has 7 nitrogen and oxygen atoms in total. The molecule has 0 saturated carbocycles. The summed E-state index contributed by atoms with van der Waals surface area (Å²) in [6.45, 7) is 7.19. The average molecular weight is 419 g/mol. The van der Waals surface area contributed by atoms with Gasteiger partial charge < -0.3 is 9.64 Å². The minimum atomic E-state index is -3.77. The number of carbonyl (C=O) groups is 2. The van der Waals surface area contributed by atoms with E-state index in [-0.39, 0.29) is 35.1 Å². The number of para-hydroxylation sites is 1. The Morgan fingerprint density at radius 3 is 2.00 bits per heavy atom. The van der Waals surface area contributed by atoms with Crippen molar-refractivity contribution >= 4 is 27.6 Å². The van der Waals surface area contributed by atoms with Crippen LogP contribution in [0, 0.1) is 0 Å². The van der Waals surface area contributed by atoms with Crippen LogP contribution >= 0.6 is 0 Å². The van der Waals surface area contributed by atoms with Gasteiger partial charge in [-0.3, -0.25) is 9.52 Å². The van der Waals surface area contributed by atoms with Crippen LogP contribution < -0.4 is 4.72 Å². The number of amides is 1. The third-order valence-electron chi connectivity index (χ3n) is 4.15. The highest BCUT2D eigenvalue weighted by atomic mass is 32.2. The van der Waals surface area contributed by atoms with Crippen molar-refractivity contribution in [1.82, 2.24) is 4.90 Å². The second-order valence-corrected chi connectivity index (χ2v) is 8.74. The standard InChI is InChI=1S/C21H26N2O5S/c1-15(2)23(16(3)4)20(24)14-28-21(25)17-10-12-19(13-11-17)29(26,27)22-18-8-6-5-7-9-18/h5-13,15-16,22H,14H2,1-4H3. The Bertz CT molecular complexity index is 931. The van der Waals surface area contributed by atoms with Gasteiger partial charge in [-0.2, -0.15) is 0 Å². The van der Waals surface area contributed by atoms with Crippen LogP contribution in [0.2, 0.25) is 0 Å². The number of hydrogen-bond donors (Lipinski definition) is 1. The predicted octanol–water partition coefficient (Wildman–Crippen LogP) is 3.29. The van der Waals surface area contributed by atoms with E-state index in [9.17, 15) is 18.0 Å². The van der Waals surface area contributed by atoms with E-state index >= 15 is 0 Å². The first kappa shape index (κ1) is 22.4. The second kappa shape index (κ2) is 9.56. The van der Waals surface area contributed by atoms with Crippen molar-refractivity contribution < 1.29 is 22.7 Å². The lowest BCUT2D eigenvalue weighted by Crippen LogP contribution is -2.44. The van der Waals surface area contributed by atoms with Crippen molar-refractivity contribution in [3.05, 3.63) is 60.2 Å². The average Bonchev–Trinajstić information content (AvgIpc) is 2.66. The molecule has 2 rings (SSSR count). The Labute approximate surface area is 171 Å². The summed E-state index contributed by atoms with van der Waals surface area (Å²) < 4.78 is 32.4. The molecule has 2 aromatic carbocycles. The summed E-state index contributed by atoms with van der Waals surface area (Å²) in [4.78, 5) is 26.1. The molecular formula is C21H26N2O5S. The number of esters is 1. The summed E-state index contributed by atoms with van der Waals surface area (Å²) in [6, 6.07) is 13.8. The fourth-order valence-corrected chi connectivity index (χ4v) is 4.01. The van der Waals surface area contributed by atoms with Crippen LogP contribution in [0.15, 0.2) is 59.5 Å². The van der Waals surface area contributed by atoms with Crippen LogP contribution in [0.4, 0.5) is 5.69 Å². The maximum absolute atomic E-state index is 12.4. The molecular weight excluding hydrogens is 392 g/mol. The van der Waals surface area contributed by atoms with Crippen LogP contribution in [0.3, 0.4) is 0 Å². The Morgan fingerprint density at radius 2 is 1.48 bits per heavy atom. The second-order valence-electron chi connectivity index (χ2n) is 7.06. The van der Waals surface area contributed by atoms with Gasteiger partial charge in [-0.05, 0) is 64.1 Å². The van der Waals surface area contributed by atoms with Crippen LogP contribution in [-0.2, 0) is 19.6 Å². The minimum Gasteiger partial charge on any atom is -0.452 e. The van der Waals surface area contributed by atoms with E-state index in [0.29, 0.717) is 5.69 Å². The number of rotatable bonds is 8. The van der Waals surface area contributed by atoms with Crippen LogP contribution in [0.5, 0.6) is 0 Å². The lowest BCUT2D eigenvalue weighted by Gasteiger charge is -2.30. The van der Waals surface area contributed by atoms with Gasteiger partial charge in [-0.15, -0.1) is 0 Å². The molecule has 156 valence electrons. The van der Waals surface area contributed by atoms with Gasteiger partial charge in [-0.1, -0.05) is 18.2 Å². The van der Waals surface area contributed by atoms with E-state index in [0.717, 1.165) is 0 Å². The molecule has 0 unspecified atom stereocenters. The Morgan fingerprint density at radius 1 is 0.931 bits per heavy atom. The van der Waals surface area contributed by atoms with Gasteiger partial charge in [0.25, 0.3) is 15.9 Å². The van der Waals surface area contributed by atoms with Crippen molar-refractivity contribution in [1.29, 1.82) is 0 Å². The third-order valence-corrected chi connectivity index (χ3v) is 5.55.